The Labute approximate surface area is 132 Å². The molecule has 0 atom stereocenters. The monoisotopic (exact) mass is 353 g/mol. The second kappa shape index (κ2) is 7.43. The van der Waals surface area contributed by atoms with E-state index >= 15 is 0 Å². The molecular formula is C16H17BrFNO2. The van der Waals surface area contributed by atoms with Gasteiger partial charge in [0.05, 0.1) is 11.6 Å². The maximum atomic E-state index is 14.0. The van der Waals surface area contributed by atoms with Crippen molar-refractivity contribution in [1.29, 1.82) is 0 Å². The molecule has 112 valence electrons. The summed E-state index contributed by atoms with van der Waals surface area (Å²) in [7, 11) is 1.59. The zero-order valence-electron chi connectivity index (χ0n) is 12.0. The van der Waals surface area contributed by atoms with Crippen molar-refractivity contribution in [3.63, 3.8) is 0 Å². The first-order valence-corrected chi connectivity index (χ1v) is 7.44. The zero-order valence-corrected chi connectivity index (χ0v) is 13.5. The highest BCUT2D eigenvalue weighted by atomic mass is 79.9. The van der Waals surface area contributed by atoms with E-state index in [0.29, 0.717) is 22.5 Å². The SMILES string of the molecule is CCNCc1cccc(F)c1Oc1ccc(OC)cc1Br. The first-order chi connectivity index (χ1) is 10.2. The van der Waals surface area contributed by atoms with Gasteiger partial charge in [0.1, 0.15) is 11.5 Å². The van der Waals surface area contributed by atoms with Crippen LogP contribution in [0, 0.1) is 5.82 Å². The van der Waals surface area contributed by atoms with Crippen LogP contribution in [0.2, 0.25) is 0 Å². The number of nitrogens with one attached hydrogen (secondary N) is 1. The third kappa shape index (κ3) is 3.95. The molecule has 0 saturated carbocycles. The van der Waals surface area contributed by atoms with Crippen LogP contribution in [-0.4, -0.2) is 13.7 Å². The molecule has 0 aliphatic carbocycles. The summed E-state index contributed by atoms with van der Waals surface area (Å²) in [4.78, 5) is 0. The summed E-state index contributed by atoms with van der Waals surface area (Å²) in [5.74, 6) is 1.10. The van der Waals surface area contributed by atoms with E-state index in [1.807, 2.05) is 13.0 Å². The van der Waals surface area contributed by atoms with Gasteiger partial charge in [0, 0.05) is 12.1 Å². The average Bonchev–Trinajstić information content (AvgIpc) is 2.49. The van der Waals surface area contributed by atoms with Crippen molar-refractivity contribution in [1.82, 2.24) is 5.32 Å². The number of benzene rings is 2. The van der Waals surface area contributed by atoms with E-state index in [9.17, 15) is 4.39 Å². The summed E-state index contributed by atoms with van der Waals surface area (Å²) >= 11 is 3.40. The van der Waals surface area contributed by atoms with Crippen LogP contribution in [0.4, 0.5) is 4.39 Å². The fourth-order valence-corrected chi connectivity index (χ4v) is 2.31. The van der Waals surface area contributed by atoms with Gasteiger partial charge in [-0.1, -0.05) is 19.1 Å². The lowest BCUT2D eigenvalue weighted by Gasteiger charge is -2.14. The molecule has 0 amide bonds. The molecule has 1 N–H and O–H groups in total. The van der Waals surface area contributed by atoms with Gasteiger partial charge in [-0.05, 0) is 46.7 Å². The summed E-state index contributed by atoms with van der Waals surface area (Å²) in [6.07, 6.45) is 0. The van der Waals surface area contributed by atoms with Crippen LogP contribution >= 0.6 is 15.9 Å². The Kier molecular flexibility index (Phi) is 5.59. The molecule has 2 rings (SSSR count). The Morgan fingerprint density at radius 3 is 2.71 bits per heavy atom. The van der Waals surface area contributed by atoms with E-state index in [0.717, 1.165) is 12.1 Å². The van der Waals surface area contributed by atoms with Gasteiger partial charge in [-0.2, -0.15) is 0 Å². The van der Waals surface area contributed by atoms with Crippen molar-refractivity contribution in [2.45, 2.75) is 13.5 Å². The minimum absolute atomic E-state index is 0.240. The van der Waals surface area contributed by atoms with Crippen molar-refractivity contribution < 1.29 is 13.9 Å². The van der Waals surface area contributed by atoms with Crippen LogP contribution in [0.3, 0.4) is 0 Å². The highest BCUT2D eigenvalue weighted by Crippen LogP contribution is 2.35. The van der Waals surface area contributed by atoms with Crippen molar-refractivity contribution in [2.24, 2.45) is 0 Å². The van der Waals surface area contributed by atoms with Crippen molar-refractivity contribution in [3.8, 4) is 17.2 Å². The third-order valence-corrected chi connectivity index (χ3v) is 3.58. The van der Waals surface area contributed by atoms with Crippen molar-refractivity contribution in [3.05, 3.63) is 52.3 Å². The van der Waals surface area contributed by atoms with Gasteiger partial charge in [0.15, 0.2) is 11.6 Å². The predicted octanol–water partition coefficient (Wildman–Crippen LogP) is 4.50. The minimum Gasteiger partial charge on any atom is -0.497 e. The van der Waals surface area contributed by atoms with E-state index < -0.39 is 0 Å². The van der Waals surface area contributed by atoms with Gasteiger partial charge in [0.25, 0.3) is 0 Å². The maximum Gasteiger partial charge on any atom is 0.167 e. The number of hydrogen-bond acceptors (Lipinski definition) is 3. The molecule has 0 aliphatic rings. The Bertz CT molecular complexity index is 619. The summed E-state index contributed by atoms with van der Waals surface area (Å²) in [5.41, 5.74) is 0.777. The fourth-order valence-electron chi connectivity index (χ4n) is 1.87. The van der Waals surface area contributed by atoms with Crippen LogP contribution in [-0.2, 0) is 6.54 Å². The van der Waals surface area contributed by atoms with E-state index in [1.54, 1.807) is 31.4 Å². The number of hydrogen-bond donors (Lipinski definition) is 1. The Hall–Kier alpha value is -1.59. The second-order valence-corrected chi connectivity index (χ2v) is 5.26. The molecule has 0 heterocycles. The Morgan fingerprint density at radius 2 is 2.05 bits per heavy atom. The first-order valence-electron chi connectivity index (χ1n) is 6.65. The van der Waals surface area contributed by atoms with Crippen LogP contribution in [0.25, 0.3) is 0 Å². The standard InChI is InChI=1S/C16H17BrFNO2/c1-3-19-10-11-5-4-6-14(18)16(11)21-15-8-7-12(20-2)9-13(15)17/h4-9,19H,3,10H2,1-2H3. The smallest absolute Gasteiger partial charge is 0.167 e. The van der Waals surface area contributed by atoms with Gasteiger partial charge in [-0.25, -0.2) is 4.39 Å². The normalized spacial score (nSPS) is 10.5. The topological polar surface area (TPSA) is 30.5 Å². The van der Waals surface area contributed by atoms with Crippen LogP contribution < -0.4 is 14.8 Å². The molecule has 0 aromatic heterocycles. The number of methoxy groups -OCH3 is 1. The van der Waals surface area contributed by atoms with E-state index in [1.165, 1.54) is 6.07 Å². The number of halogens is 2. The highest BCUT2D eigenvalue weighted by Gasteiger charge is 2.13. The lowest BCUT2D eigenvalue weighted by molar-refractivity contribution is 0.409. The van der Waals surface area contributed by atoms with E-state index in [2.05, 4.69) is 21.2 Å². The zero-order chi connectivity index (χ0) is 15.2. The lowest BCUT2D eigenvalue weighted by atomic mass is 10.2. The first kappa shape index (κ1) is 15.8. The molecule has 0 unspecified atom stereocenters. The second-order valence-electron chi connectivity index (χ2n) is 4.41. The lowest BCUT2D eigenvalue weighted by Crippen LogP contribution is -2.12. The maximum absolute atomic E-state index is 14.0. The van der Waals surface area contributed by atoms with E-state index in [-0.39, 0.29) is 11.6 Å². The average molecular weight is 354 g/mol. The molecular weight excluding hydrogens is 337 g/mol. The summed E-state index contributed by atoms with van der Waals surface area (Å²) < 4.78 is 25.6. The number of rotatable bonds is 6. The highest BCUT2D eigenvalue weighted by molar-refractivity contribution is 9.10. The molecule has 0 aliphatic heterocycles. The molecule has 0 bridgehead atoms. The molecule has 2 aromatic rings. The molecule has 0 fully saturated rings. The quantitative estimate of drug-likeness (QED) is 0.829. The van der Waals surface area contributed by atoms with Crippen molar-refractivity contribution >= 4 is 15.9 Å². The minimum atomic E-state index is -0.381. The third-order valence-electron chi connectivity index (χ3n) is 2.97. The van der Waals surface area contributed by atoms with Crippen LogP contribution in [0.15, 0.2) is 40.9 Å². The fraction of sp³-hybridized carbons (Fsp3) is 0.250. The summed E-state index contributed by atoms with van der Waals surface area (Å²) in [5, 5.41) is 3.17. The van der Waals surface area contributed by atoms with Crippen LogP contribution in [0.1, 0.15) is 12.5 Å². The Morgan fingerprint density at radius 1 is 1.24 bits per heavy atom. The van der Waals surface area contributed by atoms with E-state index in [4.69, 9.17) is 9.47 Å². The predicted molar refractivity (Wildman–Crippen MR) is 84.5 cm³/mol. The molecule has 0 spiro atoms. The van der Waals surface area contributed by atoms with Gasteiger partial charge < -0.3 is 14.8 Å². The summed E-state index contributed by atoms with van der Waals surface area (Å²) in [6.45, 7) is 3.36. The largest absolute Gasteiger partial charge is 0.497 e. The van der Waals surface area contributed by atoms with Gasteiger partial charge in [-0.15, -0.1) is 0 Å². The molecule has 2 aromatic carbocycles. The molecule has 3 nitrogen and oxygen atoms in total. The van der Waals surface area contributed by atoms with Gasteiger partial charge in [0.2, 0.25) is 0 Å². The molecule has 21 heavy (non-hydrogen) atoms. The van der Waals surface area contributed by atoms with Gasteiger partial charge in [-0.3, -0.25) is 0 Å². The molecule has 5 heteroatoms. The number of ether oxygens (including phenoxy) is 2. The summed E-state index contributed by atoms with van der Waals surface area (Å²) in [6, 6.07) is 10.2. The molecule has 0 radical (unpaired) electrons. The Balaban J connectivity index is 2.30. The van der Waals surface area contributed by atoms with Crippen molar-refractivity contribution in [2.75, 3.05) is 13.7 Å². The van der Waals surface area contributed by atoms with Gasteiger partial charge >= 0.3 is 0 Å². The molecule has 0 saturated heterocycles. The van der Waals surface area contributed by atoms with Crippen LogP contribution in [0.5, 0.6) is 17.2 Å². The number of para-hydroxylation sites is 1.